The molecule has 1 amide bonds. The zero-order valence-corrected chi connectivity index (χ0v) is 15.1. The Labute approximate surface area is 148 Å². The van der Waals surface area contributed by atoms with Gasteiger partial charge in [0.25, 0.3) is 5.91 Å². The van der Waals surface area contributed by atoms with E-state index in [0.29, 0.717) is 17.8 Å². The van der Waals surface area contributed by atoms with Crippen LogP contribution in [0.2, 0.25) is 0 Å². The molecule has 2 fully saturated rings. The van der Waals surface area contributed by atoms with Crippen LogP contribution in [0.25, 0.3) is 0 Å². The SMILES string of the molecule is CC(C)(C)OC(=O)CNC(=O)c1ccc(N2CC3CCC(C2)O3)cc1. The van der Waals surface area contributed by atoms with E-state index in [4.69, 9.17) is 9.47 Å². The first-order valence-electron chi connectivity index (χ1n) is 8.81. The molecule has 2 bridgehead atoms. The minimum atomic E-state index is -0.555. The van der Waals surface area contributed by atoms with Crippen LogP contribution in [0.4, 0.5) is 5.69 Å². The molecule has 1 aromatic carbocycles. The molecule has 2 unspecified atom stereocenters. The summed E-state index contributed by atoms with van der Waals surface area (Å²) in [5.74, 6) is -0.722. The summed E-state index contributed by atoms with van der Waals surface area (Å²) in [6.45, 7) is 7.06. The third-order valence-electron chi connectivity index (χ3n) is 4.35. The molecule has 6 nitrogen and oxygen atoms in total. The molecule has 0 spiro atoms. The van der Waals surface area contributed by atoms with E-state index < -0.39 is 11.6 Å². The average molecular weight is 346 g/mol. The number of morpholine rings is 1. The molecule has 2 aliphatic heterocycles. The maximum Gasteiger partial charge on any atom is 0.325 e. The summed E-state index contributed by atoms with van der Waals surface area (Å²) < 4.78 is 11.0. The van der Waals surface area contributed by atoms with Crippen LogP contribution < -0.4 is 10.2 Å². The van der Waals surface area contributed by atoms with Crippen LogP contribution in [0.1, 0.15) is 44.0 Å². The highest BCUT2D eigenvalue weighted by atomic mass is 16.6. The van der Waals surface area contributed by atoms with Crippen molar-refractivity contribution in [3.8, 4) is 0 Å². The number of carbonyl (C=O) groups is 2. The van der Waals surface area contributed by atoms with E-state index >= 15 is 0 Å². The Morgan fingerprint density at radius 1 is 1.16 bits per heavy atom. The van der Waals surface area contributed by atoms with Crippen molar-refractivity contribution in [1.29, 1.82) is 0 Å². The molecule has 3 rings (SSSR count). The van der Waals surface area contributed by atoms with E-state index in [0.717, 1.165) is 31.6 Å². The van der Waals surface area contributed by atoms with E-state index in [1.165, 1.54) is 0 Å². The first kappa shape index (κ1) is 17.7. The summed E-state index contributed by atoms with van der Waals surface area (Å²) in [4.78, 5) is 26.1. The molecule has 0 radical (unpaired) electrons. The third-order valence-corrected chi connectivity index (χ3v) is 4.35. The predicted octanol–water partition coefficient (Wildman–Crippen LogP) is 2.13. The number of esters is 1. The molecular formula is C19H26N2O4. The fourth-order valence-electron chi connectivity index (χ4n) is 3.28. The molecule has 2 aliphatic rings. The maximum absolute atomic E-state index is 12.2. The molecule has 2 saturated heterocycles. The number of carbonyl (C=O) groups excluding carboxylic acids is 2. The van der Waals surface area contributed by atoms with Gasteiger partial charge < -0.3 is 19.7 Å². The number of nitrogens with one attached hydrogen (secondary N) is 1. The number of anilines is 1. The summed E-state index contributed by atoms with van der Waals surface area (Å²) in [6.07, 6.45) is 2.92. The highest BCUT2D eigenvalue weighted by molar-refractivity contribution is 5.96. The van der Waals surface area contributed by atoms with Gasteiger partial charge in [-0.15, -0.1) is 0 Å². The molecule has 2 heterocycles. The number of rotatable bonds is 4. The van der Waals surface area contributed by atoms with Crippen LogP contribution in [0.3, 0.4) is 0 Å². The van der Waals surface area contributed by atoms with Crippen LogP contribution in [-0.2, 0) is 14.3 Å². The van der Waals surface area contributed by atoms with E-state index in [1.54, 1.807) is 32.9 Å². The molecule has 0 saturated carbocycles. The van der Waals surface area contributed by atoms with Crippen LogP contribution in [0, 0.1) is 0 Å². The molecular weight excluding hydrogens is 320 g/mol. The van der Waals surface area contributed by atoms with Crippen molar-refractivity contribution in [1.82, 2.24) is 5.32 Å². The Morgan fingerprint density at radius 3 is 2.32 bits per heavy atom. The lowest BCUT2D eigenvalue weighted by atomic mass is 10.1. The fourth-order valence-corrected chi connectivity index (χ4v) is 3.28. The summed E-state index contributed by atoms with van der Waals surface area (Å²) >= 11 is 0. The normalized spacial score (nSPS) is 22.6. The van der Waals surface area contributed by atoms with Gasteiger partial charge in [0.1, 0.15) is 12.1 Å². The summed E-state index contributed by atoms with van der Waals surface area (Å²) in [7, 11) is 0. The Morgan fingerprint density at radius 2 is 1.76 bits per heavy atom. The van der Waals surface area contributed by atoms with Gasteiger partial charge in [-0.2, -0.15) is 0 Å². The quantitative estimate of drug-likeness (QED) is 0.846. The van der Waals surface area contributed by atoms with Crippen molar-refractivity contribution in [2.24, 2.45) is 0 Å². The fraction of sp³-hybridized carbons (Fsp3) is 0.579. The summed E-state index contributed by atoms with van der Waals surface area (Å²) in [5.41, 5.74) is 1.08. The van der Waals surface area contributed by atoms with Crippen molar-refractivity contribution in [3.63, 3.8) is 0 Å². The van der Waals surface area contributed by atoms with Gasteiger partial charge >= 0.3 is 5.97 Å². The van der Waals surface area contributed by atoms with Crippen molar-refractivity contribution in [3.05, 3.63) is 29.8 Å². The maximum atomic E-state index is 12.2. The average Bonchev–Trinajstić information content (AvgIpc) is 2.89. The monoisotopic (exact) mass is 346 g/mol. The Balaban J connectivity index is 1.53. The smallest absolute Gasteiger partial charge is 0.325 e. The van der Waals surface area contributed by atoms with Crippen molar-refractivity contribution < 1.29 is 19.1 Å². The van der Waals surface area contributed by atoms with Gasteiger partial charge in [0.05, 0.1) is 12.2 Å². The molecule has 0 aliphatic carbocycles. The number of fused-ring (bicyclic) bond motifs is 2. The lowest BCUT2D eigenvalue weighted by molar-refractivity contribution is -0.153. The zero-order valence-electron chi connectivity index (χ0n) is 15.1. The number of benzene rings is 1. The standard InChI is InChI=1S/C19H26N2O4/c1-19(2,3)25-17(22)10-20-18(23)13-4-6-14(7-5-13)21-11-15-8-9-16(12-21)24-15/h4-7,15-16H,8-12H2,1-3H3,(H,20,23). The second-order valence-corrected chi connectivity index (χ2v) is 7.68. The third kappa shape index (κ3) is 4.72. The molecule has 0 aromatic heterocycles. The lowest BCUT2D eigenvalue weighted by Crippen LogP contribution is -2.42. The van der Waals surface area contributed by atoms with Gasteiger partial charge in [0.15, 0.2) is 0 Å². The minimum Gasteiger partial charge on any atom is -0.459 e. The van der Waals surface area contributed by atoms with Gasteiger partial charge in [-0.3, -0.25) is 9.59 Å². The van der Waals surface area contributed by atoms with Gasteiger partial charge in [-0.1, -0.05) is 0 Å². The molecule has 6 heteroatoms. The molecule has 2 atom stereocenters. The van der Waals surface area contributed by atoms with Gasteiger partial charge in [0.2, 0.25) is 0 Å². The largest absolute Gasteiger partial charge is 0.459 e. The van der Waals surface area contributed by atoms with Gasteiger partial charge in [-0.05, 0) is 57.9 Å². The van der Waals surface area contributed by atoms with Crippen LogP contribution in [0.5, 0.6) is 0 Å². The van der Waals surface area contributed by atoms with Crippen molar-refractivity contribution >= 4 is 17.6 Å². The molecule has 25 heavy (non-hydrogen) atoms. The van der Waals surface area contributed by atoms with E-state index in [2.05, 4.69) is 10.2 Å². The number of nitrogens with zero attached hydrogens (tertiary/aromatic N) is 1. The number of hydrogen-bond acceptors (Lipinski definition) is 5. The molecule has 1 aromatic rings. The predicted molar refractivity (Wildman–Crippen MR) is 94.7 cm³/mol. The lowest BCUT2D eigenvalue weighted by Gasteiger charge is -2.33. The van der Waals surface area contributed by atoms with Crippen LogP contribution >= 0.6 is 0 Å². The number of amides is 1. The second-order valence-electron chi connectivity index (χ2n) is 7.68. The summed E-state index contributed by atoms with van der Waals surface area (Å²) in [6, 6.07) is 7.48. The first-order valence-corrected chi connectivity index (χ1v) is 8.81. The Bertz CT molecular complexity index is 624. The Kier molecular flexibility index (Phi) is 4.99. The van der Waals surface area contributed by atoms with Crippen LogP contribution in [0.15, 0.2) is 24.3 Å². The molecule has 136 valence electrons. The van der Waals surface area contributed by atoms with Crippen molar-refractivity contribution in [2.45, 2.75) is 51.4 Å². The van der Waals surface area contributed by atoms with Gasteiger partial charge in [0, 0.05) is 24.3 Å². The number of hydrogen-bond donors (Lipinski definition) is 1. The van der Waals surface area contributed by atoms with E-state index in [1.807, 2.05) is 12.1 Å². The minimum absolute atomic E-state index is 0.134. The first-order chi connectivity index (χ1) is 11.8. The second kappa shape index (κ2) is 7.04. The molecule has 1 N–H and O–H groups in total. The van der Waals surface area contributed by atoms with E-state index in [-0.39, 0.29) is 12.5 Å². The Hall–Kier alpha value is -2.08. The number of ether oxygens (including phenoxy) is 2. The van der Waals surface area contributed by atoms with Crippen LogP contribution in [-0.4, -0.2) is 49.3 Å². The topological polar surface area (TPSA) is 67.9 Å². The summed E-state index contributed by atoms with van der Waals surface area (Å²) in [5, 5.41) is 2.60. The van der Waals surface area contributed by atoms with Gasteiger partial charge in [-0.25, -0.2) is 0 Å². The highest BCUT2D eigenvalue weighted by Crippen LogP contribution is 2.29. The highest BCUT2D eigenvalue weighted by Gasteiger charge is 2.33. The zero-order chi connectivity index (χ0) is 18.0. The van der Waals surface area contributed by atoms with E-state index in [9.17, 15) is 9.59 Å². The van der Waals surface area contributed by atoms with Crippen molar-refractivity contribution in [2.75, 3.05) is 24.5 Å².